The number of anilines is 2. The molecule has 3 aromatic rings. The van der Waals surface area contributed by atoms with Gasteiger partial charge in [-0.2, -0.15) is 5.10 Å². The normalized spacial score (nSPS) is 14.7. The Bertz CT molecular complexity index is 1020. The van der Waals surface area contributed by atoms with Crippen LogP contribution < -0.4 is 10.2 Å². The van der Waals surface area contributed by atoms with E-state index in [2.05, 4.69) is 33.2 Å². The highest BCUT2D eigenvalue weighted by atomic mass is 16.1. The van der Waals surface area contributed by atoms with Crippen LogP contribution in [-0.4, -0.2) is 53.3 Å². The molecule has 2 aromatic carbocycles. The van der Waals surface area contributed by atoms with Gasteiger partial charge in [0.05, 0.1) is 22.8 Å². The number of amides is 1. The molecule has 0 atom stereocenters. The number of nitrogens with zero attached hydrogens (tertiary/aromatic N) is 4. The molecule has 0 aliphatic carbocycles. The van der Waals surface area contributed by atoms with E-state index in [0.717, 1.165) is 61.2 Å². The van der Waals surface area contributed by atoms with Gasteiger partial charge >= 0.3 is 0 Å². The first-order chi connectivity index (χ1) is 14.5. The first-order valence-electron chi connectivity index (χ1n) is 10.6. The van der Waals surface area contributed by atoms with Crippen molar-refractivity contribution in [2.45, 2.75) is 20.8 Å². The third-order valence-corrected chi connectivity index (χ3v) is 5.70. The molecule has 1 saturated heterocycles. The van der Waals surface area contributed by atoms with Gasteiger partial charge in [-0.25, -0.2) is 4.68 Å². The predicted molar refractivity (Wildman–Crippen MR) is 122 cm³/mol. The molecule has 2 heterocycles. The van der Waals surface area contributed by atoms with Gasteiger partial charge in [-0.05, 0) is 62.9 Å². The van der Waals surface area contributed by atoms with Crippen molar-refractivity contribution < 1.29 is 4.79 Å². The van der Waals surface area contributed by atoms with Gasteiger partial charge in [0.1, 0.15) is 0 Å². The van der Waals surface area contributed by atoms with Gasteiger partial charge in [-0.3, -0.25) is 4.79 Å². The number of rotatable bonds is 5. The molecule has 0 radical (unpaired) electrons. The average molecular weight is 404 g/mol. The zero-order valence-corrected chi connectivity index (χ0v) is 17.9. The fourth-order valence-electron chi connectivity index (χ4n) is 4.00. The summed E-state index contributed by atoms with van der Waals surface area (Å²) in [5, 5.41) is 7.61. The number of hydrogen-bond acceptors (Lipinski definition) is 4. The van der Waals surface area contributed by atoms with E-state index in [1.807, 2.05) is 67.1 Å². The van der Waals surface area contributed by atoms with Crippen molar-refractivity contribution in [2.24, 2.45) is 0 Å². The van der Waals surface area contributed by atoms with Gasteiger partial charge in [-0.15, -0.1) is 0 Å². The van der Waals surface area contributed by atoms with Crippen molar-refractivity contribution in [3.05, 3.63) is 71.5 Å². The predicted octanol–water partition coefficient (Wildman–Crippen LogP) is 3.88. The molecule has 1 aromatic heterocycles. The fraction of sp³-hybridized carbons (Fsp3) is 0.333. The van der Waals surface area contributed by atoms with Crippen molar-refractivity contribution in [3.8, 4) is 5.69 Å². The smallest absolute Gasteiger partial charge is 0.255 e. The first kappa shape index (κ1) is 20.2. The van der Waals surface area contributed by atoms with Crippen LogP contribution in [0.1, 0.15) is 28.7 Å². The van der Waals surface area contributed by atoms with Gasteiger partial charge in [0.25, 0.3) is 5.91 Å². The van der Waals surface area contributed by atoms with E-state index >= 15 is 0 Å². The molecule has 6 heteroatoms. The zero-order valence-electron chi connectivity index (χ0n) is 17.9. The standard InChI is InChI=1S/C24H29N5O/c1-4-27-13-15-28(16-14-27)23-8-6-5-7-22(23)25-24(30)20-9-11-21(12-10-20)29-19(3)17-18(2)26-29/h5-12,17H,4,13-16H2,1-3H3,(H,25,30). The number of piperazine rings is 1. The molecule has 0 spiro atoms. The Balaban J connectivity index is 1.49. The van der Waals surface area contributed by atoms with E-state index in [9.17, 15) is 4.79 Å². The maximum absolute atomic E-state index is 12.9. The van der Waals surface area contributed by atoms with Crippen molar-refractivity contribution in [1.82, 2.24) is 14.7 Å². The van der Waals surface area contributed by atoms with Crippen LogP contribution in [0.4, 0.5) is 11.4 Å². The molecular weight excluding hydrogens is 374 g/mol. The molecule has 1 N–H and O–H groups in total. The fourth-order valence-corrected chi connectivity index (χ4v) is 4.00. The van der Waals surface area contributed by atoms with Crippen LogP contribution in [0.2, 0.25) is 0 Å². The summed E-state index contributed by atoms with van der Waals surface area (Å²) in [5.41, 5.74) is 5.57. The number of benzene rings is 2. The number of aromatic nitrogens is 2. The van der Waals surface area contributed by atoms with Gasteiger partial charge in [-0.1, -0.05) is 19.1 Å². The molecule has 1 aliphatic rings. The molecule has 1 amide bonds. The van der Waals surface area contributed by atoms with E-state index in [4.69, 9.17) is 0 Å². The van der Waals surface area contributed by atoms with Crippen LogP contribution in [-0.2, 0) is 0 Å². The van der Waals surface area contributed by atoms with Gasteiger partial charge in [0.2, 0.25) is 0 Å². The number of nitrogens with one attached hydrogen (secondary N) is 1. The third kappa shape index (κ3) is 4.24. The second-order valence-corrected chi connectivity index (χ2v) is 7.78. The van der Waals surface area contributed by atoms with Crippen LogP contribution in [0.3, 0.4) is 0 Å². The molecule has 1 fully saturated rings. The molecular formula is C24H29N5O. The second kappa shape index (κ2) is 8.71. The van der Waals surface area contributed by atoms with E-state index in [0.29, 0.717) is 5.56 Å². The number of para-hydroxylation sites is 2. The minimum absolute atomic E-state index is 0.102. The molecule has 30 heavy (non-hydrogen) atoms. The van der Waals surface area contributed by atoms with Crippen LogP contribution in [0.5, 0.6) is 0 Å². The van der Waals surface area contributed by atoms with E-state index in [1.54, 1.807) is 0 Å². The van der Waals surface area contributed by atoms with Crippen LogP contribution in [0.15, 0.2) is 54.6 Å². The summed E-state index contributed by atoms with van der Waals surface area (Å²) < 4.78 is 1.89. The maximum Gasteiger partial charge on any atom is 0.255 e. The van der Waals surface area contributed by atoms with Crippen LogP contribution >= 0.6 is 0 Å². The van der Waals surface area contributed by atoms with Gasteiger partial charge in [0.15, 0.2) is 0 Å². The lowest BCUT2D eigenvalue weighted by atomic mass is 10.1. The highest BCUT2D eigenvalue weighted by Gasteiger charge is 2.19. The Morgan fingerprint density at radius 2 is 1.70 bits per heavy atom. The largest absolute Gasteiger partial charge is 0.367 e. The highest BCUT2D eigenvalue weighted by Crippen LogP contribution is 2.27. The molecule has 156 valence electrons. The quantitative estimate of drug-likeness (QED) is 0.702. The molecule has 1 aliphatic heterocycles. The van der Waals surface area contributed by atoms with Crippen molar-refractivity contribution in [2.75, 3.05) is 42.9 Å². The lowest BCUT2D eigenvalue weighted by Crippen LogP contribution is -2.46. The van der Waals surface area contributed by atoms with Crippen molar-refractivity contribution >= 4 is 17.3 Å². The average Bonchev–Trinajstić information content (AvgIpc) is 3.12. The summed E-state index contributed by atoms with van der Waals surface area (Å²) in [4.78, 5) is 17.7. The minimum atomic E-state index is -0.102. The number of aryl methyl sites for hydroxylation is 2. The Morgan fingerprint density at radius 1 is 1.00 bits per heavy atom. The van der Waals surface area contributed by atoms with E-state index < -0.39 is 0 Å². The second-order valence-electron chi connectivity index (χ2n) is 7.78. The van der Waals surface area contributed by atoms with Crippen molar-refractivity contribution in [3.63, 3.8) is 0 Å². The van der Waals surface area contributed by atoms with Gasteiger partial charge < -0.3 is 15.1 Å². The Labute approximate surface area is 178 Å². The molecule has 0 saturated carbocycles. The van der Waals surface area contributed by atoms with Crippen LogP contribution in [0.25, 0.3) is 5.69 Å². The Morgan fingerprint density at radius 3 is 2.33 bits per heavy atom. The summed E-state index contributed by atoms with van der Waals surface area (Å²) in [5.74, 6) is -0.102. The zero-order chi connectivity index (χ0) is 21.1. The summed E-state index contributed by atoms with van der Waals surface area (Å²) >= 11 is 0. The third-order valence-electron chi connectivity index (χ3n) is 5.70. The van der Waals surface area contributed by atoms with E-state index in [1.165, 1.54) is 0 Å². The Hall–Kier alpha value is -3.12. The summed E-state index contributed by atoms with van der Waals surface area (Å²) in [6.07, 6.45) is 0. The number of hydrogen-bond donors (Lipinski definition) is 1. The summed E-state index contributed by atoms with van der Waals surface area (Å²) in [7, 11) is 0. The van der Waals surface area contributed by atoms with Crippen molar-refractivity contribution in [1.29, 1.82) is 0 Å². The number of likely N-dealkylation sites (N-methyl/N-ethyl adjacent to an activating group) is 1. The highest BCUT2D eigenvalue weighted by molar-refractivity contribution is 6.06. The monoisotopic (exact) mass is 403 g/mol. The Kier molecular flexibility index (Phi) is 5.86. The van der Waals surface area contributed by atoms with Gasteiger partial charge in [0, 0.05) is 37.4 Å². The first-order valence-corrected chi connectivity index (χ1v) is 10.6. The lowest BCUT2D eigenvalue weighted by Gasteiger charge is -2.36. The molecule has 6 nitrogen and oxygen atoms in total. The topological polar surface area (TPSA) is 53.4 Å². The SMILES string of the molecule is CCN1CCN(c2ccccc2NC(=O)c2ccc(-n3nc(C)cc3C)cc2)CC1. The lowest BCUT2D eigenvalue weighted by molar-refractivity contribution is 0.102. The number of carbonyl (C=O) groups is 1. The maximum atomic E-state index is 12.9. The number of carbonyl (C=O) groups excluding carboxylic acids is 1. The summed E-state index contributed by atoms with van der Waals surface area (Å²) in [6, 6.07) is 17.7. The van der Waals surface area contributed by atoms with E-state index in [-0.39, 0.29) is 5.91 Å². The minimum Gasteiger partial charge on any atom is -0.367 e. The van der Waals surface area contributed by atoms with Crippen LogP contribution in [0, 0.1) is 13.8 Å². The molecule has 0 unspecified atom stereocenters. The molecule has 0 bridgehead atoms. The summed E-state index contributed by atoms with van der Waals surface area (Å²) in [6.45, 7) is 11.3. The molecule has 4 rings (SSSR count).